The molecule has 1 unspecified atom stereocenters. The second kappa shape index (κ2) is 4.91. The van der Waals surface area contributed by atoms with Crippen molar-refractivity contribution < 1.29 is 29.7 Å². The van der Waals surface area contributed by atoms with E-state index < -0.39 is 23.0 Å². The first kappa shape index (κ1) is 17.2. The summed E-state index contributed by atoms with van der Waals surface area (Å²) in [5, 5.41) is 44.3. The van der Waals surface area contributed by atoms with Crippen molar-refractivity contribution in [1.29, 1.82) is 0 Å². The summed E-state index contributed by atoms with van der Waals surface area (Å²) < 4.78 is 0.706. The first-order valence-corrected chi connectivity index (χ1v) is 10.6. The van der Waals surface area contributed by atoms with Crippen molar-refractivity contribution >= 4 is 5.78 Å². The van der Waals surface area contributed by atoms with Gasteiger partial charge < -0.3 is 24.9 Å². The normalized spacial score (nSPS) is 45.8. The average molecular weight is 386 g/mol. The summed E-state index contributed by atoms with van der Waals surface area (Å²) in [5.74, 6) is -0.0883. The van der Waals surface area contributed by atoms with Crippen LogP contribution < -0.4 is 0 Å². The maximum absolute atomic E-state index is 13.0. The van der Waals surface area contributed by atoms with Gasteiger partial charge in [-0.1, -0.05) is 0 Å². The highest BCUT2D eigenvalue weighted by molar-refractivity contribution is 5.88. The van der Waals surface area contributed by atoms with Gasteiger partial charge in [0.15, 0.2) is 17.1 Å². The van der Waals surface area contributed by atoms with Crippen LogP contribution in [0.1, 0.15) is 42.4 Å². The highest BCUT2D eigenvalue weighted by Gasteiger charge is 2.77. The van der Waals surface area contributed by atoms with Crippen LogP contribution in [0.4, 0.5) is 0 Å². The smallest absolute Gasteiger partial charge is 0.161 e. The Morgan fingerprint density at radius 2 is 1.96 bits per heavy atom. The number of aliphatic hydroxyl groups is 2. The lowest BCUT2D eigenvalue weighted by Gasteiger charge is -2.66. The summed E-state index contributed by atoms with van der Waals surface area (Å²) in [6.45, 7) is 1.85. The molecule has 1 saturated heterocycles. The number of benzene rings is 1. The molecule has 6 rings (SSSR count). The van der Waals surface area contributed by atoms with Crippen LogP contribution in [0, 0.1) is 11.8 Å². The third-order valence-corrected chi connectivity index (χ3v) is 8.98. The fourth-order valence-corrected chi connectivity index (χ4v) is 7.67. The topological polar surface area (TPSA) is 98.0 Å². The van der Waals surface area contributed by atoms with E-state index >= 15 is 0 Å². The van der Waals surface area contributed by atoms with Gasteiger partial charge in [0, 0.05) is 42.1 Å². The van der Waals surface area contributed by atoms with E-state index in [1.165, 1.54) is 12.8 Å². The largest absolute Gasteiger partial charge is 0.504 e. The molecule has 6 heteroatoms. The van der Waals surface area contributed by atoms with Gasteiger partial charge in [0.2, 0.25) is 0 Å². The summed E-state index contributed by atoms with van der Waals surface area (Å²) in [7, 11) is 2.19. The van der Waals surface area contributed by atoms with Crippen LogP contribution >= 0.6 is 0 Å². The predicted octanol–water partition coefficient (Wildman–Crippen LogP) is 0.758. The molecule has 6 nitrogen and oxygen atoms in total. The summed E-state index contributed by atoms with van der Waals surface area (Å²) in [6.07, 6.45) is 2.85. The van der Waals surface area contributed by atoms with Crippen molar-refractivity contribution in [3.8, 4) is 11.5 Å². The third kappa shape index (κ3) is 1.70. The van der Waals surface area contributed by atoms with E-state index in [9.17, 15) is 25.2 Å². The molecule has 0 radical (unpaired) electrons. The molecular weight excluding hydrogens is 358 g/mol. The van der Waals surface area contributed by atoms with Crippen molar-refractivity contribution in [2.75, 3.05) is 20.1 Å². The summed E-state index contributed by atoms with van der Waals surface area (Å²) in [5.41, 5.74) is 0.162. The van der Waals surface area contributed by atoms with E-state index in [0.717, 1.165) is 24.2 Å². The average Bonchev–Trinajstić information content (AvgIpc) is 3.36. The molecule has 2 bridgehead atoms. The Balaban J connectivity index is 1.64. The van der Waals surface area contributed by atoms with E-state index in [2.05, 4.69) is 7.05 Å². The van der Waals surface area contributed by atoms with Gasteiger partial charge in [-0.05, 0) is 36.5 Å². The molecule has 28 heavy (non-hydrogen) atoms. The number of carbonyl (C=O) groups is 1. The SMILES string of the molecule is C[N@+]1(CC2CC2)CC[C@]23c4c5cc(O)c(O)c4C[C@H]2C(=O)CC(O)[C@@]3(O)[C@H]1C5. The monoisotopic (exact) mass is 386 g/mol. The number of piperidine rings is 1. The lowest BCUT2D eigenvalue weighted by molar-refractivity contribution is -0.951. The minimum atomic E-state index is -1.38. The van der Waals surface area contributed by atoms with Crippen LogP contribution in [-0.2, 0) is 23.1 Å². The van der Waals surface area contributed by atoms with Crippen LogP contribution in [0.2, 0.25) is 0 Å². The summed E-state index contributed by atoms with van der Waals surface area (Å²) in [6, 6.07) is 1.41. The molecule has 4 N–H and O–H groups in total. The number of carbonyl (C=O) groups excluding carboxylic acids is 1. The Bertz CT molecular complexity index is 926. The number of hydrogen-bond donors (Lipinski definition) is 4. The van der Waals surface area contributed by atoms with Gasteiger partial charge >= 0.3 is 0 Å². The van der Waals surface area contributed by atoms with Gasteiger partial charge in [0.25, 0.3) is 0 Å². The Labute approximate surface area is 164 Å². The number of quaternary nitrogens is 1. The zero-order valence-electron chi connectivity index (χ0n) is 16.2. The quantitative estimate of drug-likeness (QED) is 0.444. The number of ketones is 1. The molecule has 150 valence electrons. The molecule has 0 aromatic heterocycles. The number of likely N-dealkylation sites (N-methyl/N-ethyl adjacent to an activating group) is 1. The molecule has 1 aromatic rings. The van der Waals surface area contributed by atoms with Gasteiger partial charge in [0.05, 0.1) is 26.2 Å². The van der Waals surface area contributed by atoms with Crippen molar-refractivity contribution in [3.05, 3.63) is 22.8 Å². The lowest BCUT2D eigenvalue weighted by Crippen LogP contribution is -2.83. The van der Waals surface area contributed by atoms with Gasteiger partial charge in [-0.2, -0.15) is 0 Å². The minimum Gasteiger partial charge on any atom is -0.504 e. The first-order valence-electron chi connectivity index (χ1n) is 10.6. The second-order valence-electron chi connectivity index (χ2n) is 10.3. The van der Waals surface area contributed by atoms with Crippen molar-refractivity contribution in [1.82, 2.24) is 0 Å². The van der Waals surface area contributed by atoms with E-state index in [-0.39, 0.29) is 29.7 Å². The highest BCUT2D eigenvalue weighted by Crippen LogP contribution is 2.67. The van der Waals surface area contributed by atoms with Crippen LogP contribution in [0.5, 0.6) is 11.5 Å². The Hall–Kier alpha value is -1.63. The number of phenols is 2. The van der Waals surface area contributed by atoms with Crippen LogP contribution in [0.3, 0.4) is 0 Å². The number of nitrogens with zero attached hydrogens (tertiary/aromatic N) is 1. The van der Waals surface area contributed by atoms with Gasteiger partial charge in [0.1, 0.15) is 11.8 Å². The third-order valence-electron chi connectivity index (χ3n) is 8.98. The highest BCUT2D eigenvalue weighted by atomic mass is 16.3. The van der Waals surface area contributed by atoms with Gasteiger partial charge in [-0.25, -0.2) is 0 Å². The van der Waals surface area contributed by atoms with Crippen molar-refractivity contribution in [3.63, 3.8) is 0 Å². The maximum atomic E-state index is 13.0. The number of aliphatic hydroxyl groups excluding tert-OH is 1. The minimum absolute atomic E-state index is 0.0289. The summed E-state index contributed by atoms with van der Waals surface area (Å²) >= 11 is 0. The first-order chi connectivity index (χ1) is 13.2. The molecule has 3 fully saturated rings. The molecule has 1 aromatic carbocycles. The Morgan fingerprint density at radius 3 is 2.68 bits per heavy atom. The molecule has 1 spiro atoms. The maximum Gasteiger partial charge on any atom is 0.161 e. The molecule has 5 aliphatic rings. The number of hydrogen-bond acceptors (Lipinski definition) is 5. The fraction of sp³-hybridized carbons (Fsp3) is 0.682. The summed E-state index contributed by atoms with van der Waals surface area (Å²) in [4.78, 5) is 13.0. The van der Waals surface area contributed by atoms with Crippen LogP contribution in [0.15, 0.2) is 6.07 Å². The van der Waals surface area contributed by atoms with E-state index in [0.29, 0.717) is 35.2 Å². The number of likely N-dealkylation sites (tertiary alicyclic amines) is 1. The molecule has 6 atom stereocenters. The molecule has 2 saturated carbocycles. The second-order valence-corrected chi connectivity index (χ2v) is 10.3. The number of Topliss-reactive ketones (excluding diaryl/α,β-unsaturated/α-hetero) is 1. The Morgan fingerprint density at radius 1 is 1.21 bits per heavy atom. The van der Waals surface area contributed by atoms with E-state index in [4.69, 9.17) is 0 Å². The van der Waals surface area contributed by atoms with Gasteiger partial charge in [-0.3, -0.25) is 4.79 Å². The zero-order valence-corrected chi connectivity index (χ0v) is 16.2. The van der Waals surface area contributed by atoms with Gasteiger partial charge in [-0.15, -0.1) is 0 Å². The molecule has 1 heterocycles. The zero-order chi connectivity index (χ0) is 19.6. The van der Waals surface area contributed by atoms with E-state index in [1.54, 1.807) is 6.07 Å². The van der Waals surface area contributed by atoms with Crippen molar-refractivity contribution in [2.45, 2.75) is 61.7 Å². The standard InChI is InChI=1S/C22H27NO5/c1-23(10-11-2-3-11)5-4-21-14-8-13-19(21)12(6-16(25)20(13)27)7-17(23)22(21,28)18(26)9-15(14)24/h6,11,14,17-18,26,28H,2-5,7-10H2,1H3,(H-,25,27)/p+1/t14-,17+,18?,21+,22-,23+/m0/s1. The molecule has 1 aliphatic heterocycles. The number of aromatic hydroxyl groups is 2. The molecular formula is C22H28NO5+. The molecule has 0 amide bonds. The number of phenolic OH excluding ortho intramolecular Hbond substituents is 2. The van der Waals surface area contributed by atoms with Crippen LogP contribution in [-0.4, -0.2) is 68.6 Å². The number of rotatable bonds is 2. The van der Waals surface area contributed by atoms with Crippen LogP contribution in [0.25, 0.3) is 0 Å². The Kier molecular flexibility index (Phi) is 3.03. The lowest BCUT2D eigenvalue weighted by atomic mass is 9.46. The fourth-order valence-electron chi connectivity index (χ4n) is 7.67. The van der Waals surface area contributed by atoms with Crippen molar-refractivity contribution in [2.24, 2.45) is 11.8 Å². The van der Waals surface area contributed by atoms with E-state index in [1.807, 2.05) is 0 Å². The molecule has 4 aliphatic carbocycles. The predicted molar refractivity (Wildman–Crippen MR) is 100.0 cm³/mol.